The van der Waals surface area contributed by atoms with Gasteiger partial charge in [-0.2, -0.15) is 0 Å². The first-order valence-electron chi connectivity index (χ1n) is 30.2. The molecule has 6 heteroatoms. The summed E-state index contributed by atoms with van der Waals surface area (Å²) in [5.74, 6) is 0. The molecule has 0 amide bonds. The first kappa shape index (κ1) is 54.6. The fourth-order valence-corrected chi connectivity index (χ4v) is 19.8. The van der Waals surface area contributed by atoms with Crippen LogP contribution in [0.4, 0.5) is 34.1 Å². The van der Waals surface area contributed by atoms with E-state index in [1.165, 1.54) is 118 Å². The van der Waals surface area contributed by atoms with Crippen LogP contribution in [0.3, 0.4) is 0 Å². The summed E-state index contributed by atoms with van der Waals surface area (Å²) in [4.78, 5) is 5.15. The van der Waals surface area contributed by atoms with E-state index in [2.05, 4.69) is 311 Å². The topological polar surface area (TPSA) is 6.48 Å². The fraction of sp³-hybridized carbons (Fsp3) is 0.231. The molecule has 2 heterocycles. The lowest BCUT2D eigenvalue weighted by molar-refractivity contribution is 0.563. The number of fused-ring (bicyclic) bond motifs is 15. The van der Waals surface area contributed by atoms with E-state index in [0.29, 0.717) is 0 Å². The number of rotatable bonds is 8. The van der Waals surface area contributed by atoms with Crippen molar-refractivity contribution in [3.63, 3.8) is 0 Å². The van der Waals surface area contributed by atoms with Gasteiger partial charge in [-0.15, -0.1) is 22.7 Å². The highest BCUT2D eigenvalue weighted by Gasteiger charge is 2.53. The number of hydrogen-bond acceptors (Lipinski definition) is 4. The molecular formula is C78H76N2S2Si2. The first-order valence-corrected chi connectivity index (χ1v) is 38.8. The molecule has 10 aromatic carbocycles. The number of anilines is 6. The SMILES string of the molecule is CC(C)(C)c1cccc2c1sc1c(N(c3ccc([Si](C)(C)C)cc3)c3ccc4c(c3)-c3cc(N(c5ccc([Si](C)(C)C)cc5)c5cccc6c5sc5c(C(C)(C)C)cccc56)ccc3C43c4ccccc4C(C)(C)c4ccccc43)cccc12. The number of nitrogens with zero attached hydrogens (tertiary/aromatic N) is 2. The van der Waals surface area contributed by atoms with Crippen LogP contribution < -0.4 is 20.2 Å². The van der Waals surface area contributed by atoms with Crippen molar-refractivity contribution in [2.45, 2.75) is 116 Å². The minimum absolute atomic E-state index is 0.00610. The molecule has 12 aromatic rings. The molecule has 0 bridgehead atoms. The van der Waals surface area contributed by atoms with Crippen LogP contribution in [0.15, 0.2) is 206 Å². The molecule has 0 saturated carbocycles. The quantitative estimate of drug-likeness (QED) is 0.140. The maximum Gasteiger partial charge on any atom is 0.0775 e. The van der Waals surface area contributed by atoms with Gasteiger partial charge in [0.25, 0.3) is 0 Å². The van der Waals surface area contributed by atoms with Gasteiger partial charge in [-0.3, -0.25) is 0 Å². The van der Waals surface area contributed by atoms with E-state index in [-0.39, 0.29) is 16.2 Å². The molecule has 0 atom stereocenters. The van der Waals surface area contributed by atoms with Crippen molar-refractivity contribution < 1.29 is 0 Å². The van der Waals surface area contributed by atoms with Crippen LogP contribution in [0.25, 0.3) is 51.5 Å². The summed E-state index contributed by atoms with van der Waals surface area (Å²) in [5.41, 5.74) is 19.6. The number of thiophene rings is 2. The zero-order valence-corrected chi connectivity index (χ0v) is 55.0. The number of hydrogen-bond donors (Lipinski definition) is 0. The molecule has 0 unspecified atom stereocenters. The van der Waals surface area contributed by atoms with E-state index < -0.39 is 21.6 Å². The van der Waals surface area contributed by atoms with E-state index in [9.17, 15) is 0 Å². The van der Waals surface area contributed by atoms with Crippen molar-refractivity contribution >= 4 is 124 Å². The Hall–Kier alpha value is -7.33. The van der Waals surface area contributed by atoms with Crippen LogP contribution in [-0.2, 0) is 21.7 Å². The Bertz CT molecular complexity index is 4330. The van der Waals surface area contributed by atoms with Crippen molar-refractivity contribution in [3.8, 4) is 11.1 Å². The lowest BCUT2D eigenvalue weighted by Gasteiger charge is -2.46. The van der Waals surface area contributed by atoms with E-state index in [1.54, 1.807) is 0 Å². The van der Waals surface area contributed by atoms with E-state index in [1.807, 2.05) is 22.7 Å². The molecule has 1 spiro atoms. The Kier molecular flexibility index (Phi) is 12.4. The molecular weight excluding hydrogens is 1090 g/mol. The summed E-state index contributed by atoms with van der Waals surface area (Å²) in [5, 5.41) is 8.17. The van der Waals surface area contributed by atoms with E-state index in [4.69, 9.17) is 0 Å². The van der Waals surface area contributed by atoms with Gasteiger partial charge < -0.3 is 9.80 Å². The summed E-state index contributed by atoms with van der Waals surface area (Å²) in [6, 6.07) is 80.8. The Morgan fingerprint density at radius 2 is 0.667 bits per heavy atom. The van der Waals surface area contributed by atoms with Gasteiger partial charge in [0.05, 0.1) is 42.3 Å². The first-order chi connectivity index (χ1) is 40.0. The highest BCUT2D eigenvalue weighted by atomic mass is 32.1. The molecule has 0 aliphatic heterocycles. The fourth-order valence-electron chi connectivity index (χ4n) is 14.4. The molecule has 2 nitrogen and oxygen atoms in total. The third kappa shape index (κ3) is 8.32. The van der Waals surface area contributed by atoms with Crippen LogP contribution in [0.5, 0.6) is 0 Å². The van der Waals surface area contributed by atoms with Crippen molar-refractivity contribution in [2.75, 3.05) is 9.80 Å². The molecule has 2 aromatic heterocycles. The highest BCUT2D eigenvalue weighted by Crippen LogP contribution is 2.64. The highest BCUT2D eigenvalue weighted by molar-refractivity contribution is 7.27. The molecule has 2 aliphatic carbocycles. The van der Waals surface area contributed by atoms with Crippen molar-refractivity contribution in [3.05, 3.63) is 251 Å². The second-order valence-electron chi connectivity index (χ2n) is 28.6. The predicted molar refractivity (Wildman–Crippen MR) is 374 cm³/mol. The standard InChI is InChI=1S/C78H76N2S2Si2/c1-75(2,3)67-31-19-23-55-57-25-21-33-69(73(57)81-71(55)67)79(49-35-41-53(42-36-49)83(9,10)11)51-39-45-61-59(47-51)60-48-52(40-46-62(60)78(61)65-29-17-15-27-63(65)77(7,8)64-28-16-18-30-66(64)78)80(50-37-43-54(44-38-50)84(12,13)14)70-34-22-26-58-56-24-20-32-68(76(4,5)6)72(56)82-74(58)70/h15-48H,1-14H3. The zero-order chi connectivity index (χ0) is 58.6. The van der Waals surface area contributed by atoms with Crippen molar-refractivity contribution in [1.82, 2.24) is 0 Å². The van der Waals surface area contributed by atoms with Gasteiger partial charge in [0.2, 0.25) is 0 Å². The monoisotopic (exact) mass is 1160 g/mol. The maximum atomic E-state index is 2.57. The summed E-state index contributed by atoms with van der Waals surface area (Å²) in [6.07, 6.45) is 0. The molecule has 84 heavy (non-hydrogen) atoms. The Balaban J connectivity index is 1.07. The van der Waals surface area contributed by atoms with Gasteiger partial charge in [-0.25, -0.2) is 0 Å². The third-order valence-corrected chi connectivity index (χ3v) is 25.4. The van der Waals surface area contributed by atoms with Gasteiger partial charge in [-0.05, 0) is 127 Å². The lowest BCUT2D eigenvalue weighted by atomic mass is 9.55. The van der Waals surface area contributed by atoms with Crippen LogP contribution in [0.1, 0.15) is 99.9 Å². The second-order valence-corrected chi connectivity index (χ2v) is 40.8. The summed E-state index contributed by atoms with van der Waals surface area (Å²) in [6.45, 7) is 33.6. The van der Waals surface area contributed by atoms with E-state index in [0.717, 1.165) is 22.7 Å². The van der Waals surface area contributed by atoms with Crippen molar-refractivity contribution in [2.24, 2.45) is 0 Å². The molecule has 14 rings (SSSR count). The smallest absolute Gasteiger partial charge is 0.0775 e. The predicted octanol–water partition coefficient (Wildman–Crippen LogP) is 22.0. The third-order valence-electron chi connectivity index (χ3n) is 18.7. The molecule has 418 valence electrons. The Morgan fingerprint density at radius 3 is 1.02 bits per heavy atom. The van der Waals surface area contributed by atoms with Gasteiger partial charge >= 0.3 is 0 Å². The molecule has 0 fully saturated rings. The van der Waals surface area contributed by atoms with Crippen LogP contribution in [0, 0.1) is 0 Å². The average molecular weight is 1160 g/mol. The molecule has 2 aliphatic rings. The second kappa shape index (κ2) is 19.1. The maximum absolute atomic E-state index is 2.57. The van der Waals surface area contributed by atoms with Crippen LogP contribution in [-0.4, -0.2) is 16.1 Å². The van der Waals surface area contributed by atoms with Gasteiger partial charge in [-0.1, -0.05) is 251 Å². The number of benzene rings is 10. The van der Waals surface area contributed by atoms with Crippen molar-refractivity contribution in [1.29, 1.82) is 0 Å². The minimum atomic E-state index is -1.61. The average Bonchev–Trinajstić information content (AvgIpc) is 1.49. The molecule has 0 saturated heterocycles. The van der Waals surface area contributed by atoms with Crippen LogP contribution >= 0.6 is 22.7 Å². The van der Waals surface area contributed by atoms with E-state index >= 15 is 0 Å². The summed E-state index contributed by atoms with van der Waals surface area (Å²) >= 11 is 3.90. The lowest BCUT2D eigenvalue weighted by Crippen LogP contribution is -2.40. The molecule has 0 radical (unpaired) electrons. The summed E-state index contributed by atoms with van der Waals surface area (Å²) in [7, 11) is -3.23. The largest absolute Gasteiger partial charge is 0.309 e. The Labute approximate surface area is 508 Å². The molecule has 0 N–H and O–H groups in total. The minimum Gasteiger partial charge on any atom is -0.309 e. The normalized spacial score (nSPS) is 14.5. The van der Waals surface area contributed by atoms with Crippen LogP contribution in [0.2, 0.25) is 39.3 Å². The van der Waals surface area contributed by atoms with Gasteiger partial charge in [0.1, 0.15) is 0 Å². The zero-order valence-electron chi connectivity index (χ0n) is 51.3. The Morgan fingerprint density at radius 1 is 0.333 bits per heavy atom. The van der Waals surface area contributed by atoms with Gasteiger partial charge in [0.15, 0.2) is 0 Å². The summed E-state index contributed by atoms with van der Waals surface area (Å²) < 4.78 is 5.35. The van der Waals surface area contributed by atoms with Gasteiger partial charge in [0, 0.05) is 59.1 Å².